The molecule has 0 aromatic heterocycles. The molecule has 2 amide bonds. The van der Waals surface area contributed by atoms with E-state index in [0.29, 0.717) is 11.1 Å². The van der Waals surface area contributed by atoms with Crippen molar-refractivity contribution in [2.24, 2.45) is 0 Å². The molecule has 0 radical (unpaired) electrons. The fourth-order valence-corrected chi connectivity index (χ4v) is 2.33. The number of carbonyl (C=O) groups excluding carboxylic acids is 3. The number of rotatable bonds is 7. The molecule has 0 unspecified atom stereocenters. The average Bonchev–Trinajstić information content (AvgIpc) is 2.65. The van der Waals surface area contributed by atoms with E-state index in [0.717, 1.165) is 0 Å². The quantitative estimate of drug-likeness (QED) is 0.734. The Morgan fingerprint density at radius 2 is 1.81 bits per heavy atom. The third kappa shape index (κ3) is 5.70. The van der Waals surface area contributed by atoms with Gasteiger partial charge in [-0.15, -0.1) is 0 Å². The first-order chi connectivity index (χ1) is 12.5. The van der Waals surface area contributed by atoms with Gasteiger partial charge in [-0.1, -0.05) is 30.3 Å². The van der Waals surface area contributed by atoms with Gasteiger partial charge in [0.05, 0.1) is 13.7 Å². The van der Waals surface area contributed by atoms with E-state index in [1.807, 2.05) is 0 Å². The van der Waals surface area contributed by atoms with E-state index in [-0.39, 0.29) is 13.0 Å². The molecule has 2 N–H and O–H groups in total. The summed E-state index contributed by atoms with van der Waals surface area (Å²) in [6.07, 6.45) is 0.0722. The van der Waals surface area contributed by atoms with Crippen LogP contribution < -0.4 is 10.6 Å². The summed E-state index contributed by atoms with van der Waals surface area (Å²) in [5.41, 5.74) is 0.957. The molecule has 0 saturated heterocycles. The minimum Gasteiger partial charge on any atom is -0.467 e. The van der Waals surface area contributed by atoms with Crippen molar-refractivity contribution in [3.63, 3.8) is 0 Å². The van der Waals surface area contributed by atoms with E-state index in [2.05, 4.69) is 15.4 Å². The molecule has 0 spiro atoms. The summed E-state index contributed by atoms with van der Waals surface area (Å²) in [4.78, 5) is 35.9. The van der Waals surface area contributed by atoms with Crippen LogP contribution in [0.4, 0.5) is 4.39 Å². The lowest BCUT2D eigenvalue weighted by atomic mass is 10.1. The lowest BCUT2D eigenvalue weighted by molar-refractivity contribution is -0.144. The van der Waals surface area contributed by atoms with Crippen molar-refractivity contribution in [3.05, 3.63) is 71.5 Å². The van der Waals surface area contributed by atoms with Gasteiger partial charge >= 0.3 is 5.97 Å². The smallest absolute Gasteiger partial charge is 0.328 e. The van der Waals surface area contributed by atoms with Gasteiger partial charge in [-0.2, -0.15) is 0 Å². The standard InChI is InChI=1S/C19H19FN2O4/c1-26-19(25)16(11-13-6-5-9-15(20)10-13)22-17(23)12-21-18(24)14-7-3-2-4-8-14/h2-10,16H,11-12H2,1H3,(H,21,24)(H,22,23)/t16-/m1/s1. The van der Waals surface area contributed by atoms with Crippen LogP contribution in [0.1, 0.15) is 15.9 Å². The third-order valence-corrected chi connectivity index (χ3v) is 3.60. The van der Waals surface area contributed by atoms with Gasteiger partial charge in [0.1, 0.15) is 11.9 Å². The second-order valence-electron chi connectivity index (χ2n) is 5.53. The minimum absolute atomic E-state index is 0.0722. The number of methoxy groups -OCH3 is 1. The number of carbonyl (C=O) groups is 3. The predicted molar refractivity (Wildman–Crippen MR) is 92.8 cm³/mol. The number of benzene rings is 2. The Balaban J connectivity index is 1.93. The first-order valence-electron chi connectivity index (χ1n) is 7.94. The molecule has 7 heteroatoms. The van der Waals surface area contributed by atoms with Crippen molar-refractivity contribution in [1.82, 2.24) is 10.6 Å². The maximum absolute atomic E-state index is 13.3. The molecular formula is C19H19FN2O4. The van der Waals surface area contributed by atoms with Gasteiger partial charge in [0.2, 0.25) is 5.91 Å². The van der Waals surface area contributed by atoms with Crippen molar-refractivity contribution >= 4 is 17.8 Å². The molecule has 0 aliphatic rings. The summed E-state index contributed by atoms with van der Waals surface area (Å²) in [6, 6.07) is 13.2. The highest BCUT2D eigenvalue weighted by Crippen LogP contribution is 2.07. The topological polar surface area (TPSA) is 84.5 Å². The number of hydrogen-bond acceptors (Lipinski definition) is 4. The van der Waals surface area contributed by atoms with Crippen molar-refractivity contribution in [1.29, 1.82) is 0 Å². The second kappa shape index (κ2) is 9.31. The maximum Gasteiger partial charge on any atom is 0.328 e. The Labute approximate surface area is 150 Å². The first-order valence-corrected chi connectivity index (χ1v) is 7.94. The van der Waals surface area contributed by atoms with Crippen LogP contribution in [0.25, 0.3) is 0 Å². The molecule has 6 nitrogen and oxygen atoms in total. The van der Waals surface area contributed by atoms with Crippen LogP contribution in [0.2, 0.25) is 0 Å². The number of hydrogen-bond donors (Lipinski definition) is 2. The van der Waals surface area contributed by atoms with Gasteiger partial charge in [-0.3, -0.25) is 9.59 Å². The van der Waals surface area contributed by atoms with Crippen molar-refractivity contribution in [2.75, 3.05) is 13.7 Å². The fourth-order valence-electron chi connectivity index (χ4n) is 2.33. The third-order valence-electron chi connectivity index (χ3n) is 3.60. The monoisotopic (exact) mass is 358 g/mol. The van der Waals surface area contributed by atoms with Gasteiger partial charge in [-0.05, 0) is 29.8 Å². The van der Waals surface area contributed by atoms with Crippen LogP contribution in [0.3, 0.4) is 0 Å². The van der Waals surface area contributed by atoms with E-state index >= 15 is 0 Å². The minimum atomic E-state index is -0.983. The van der Waals surface area contributed by atoms with Gasteiger partial charge in [0, 0.05) is 12.0 Å². The fraction of sp³-hybridized carbons (Fsp3) is 0.211. The Bertz CT molecular complexity index is 780. The molecule has 26 heavy (non-hydrogen) atoms. The van der Waals surface area contributed by atoms with Crippen molar-refractivity contribution in [3.8, 4) is 0 Å². The van der Waals surface area contributed by atoms with E-state index in [1.165, 1.54) is 25.3 Å². The molecule has 0 fully saturated rings. The van der Waals surface area contributed by atoms with Crippen LogP contribution in [0.15, 0.2) is 54.6 Å². The summed E-state index contributed by atoms with van der Waals surface area (Å²) in [7, 11) is 1.20. The van der Waals surface area contributed by atoms with Crippen molar-refractivity contribution in [2.45, 2.75) is 12.5 Å². The molecule has 1 atom stereocenters. The first kappa shape index (κ1) is 19.1. The Hall–Kier alpha value is -3.22. The summed E-state index contributed by atoms with van der Waals surface area (Å²) in [5.74, 6) is -2.05. The zero-order valence-electron chi connectivity index (χ0n) is 14.2. The molecular weight excluding hydrogens is 339 g/mol. The SMILES string of the molecule is COC(=O)[C@@H](Cc1cccc(F)c1)NC(=O)CNC(=O)c1ccccc1. The van der Waals surface area contributed by atoms with Crippen LogP contribution in [-0.4, -0.2) is 37.5 Å². The molecule has 0 aliphatic heterocycles. The molecule has 0 saturated carbocycles. The normalized spacial score (nSPS) is 11.3. The second-order valence-corrected chi connectivity index (χ2v) is 5.53. The summed E-state index contributed by atoms with van der Waals surface area (Å²) < 4.78 is 18.0. The number of ether oxygens (including phenoxy) is 1. The zero-order chi connectivity index (χ0) is 18.9. The van der Waals surface area contributed by atoms with E-state index < -0.39 is 29.6 Å². The number of esters is 1. The lowest BCUT2D eigenvalue weighted by Crippen LogP contribution is -2.47. The van der Waals surface area contributed by atoms with Crippen LogP contribution in [-0.2, 0) is 20.7 Å². The number of amides is 2. The maximum atomic E-state index is 13.3. The Morgan fingerprint density at radius 1 is 1.08 bits per heavy atom. The van der Waals surface area contributed by atoms with Crippen LogP contribution in [0.5, 0.6) is 0 Å². The van der Waals surface area contributed by atoms with Crippen LogP contribution >= 0.6 is 0 Å². The van der Waals surface area contributed by atoms with E-state index in [4.69, 9.17) is 0 Å². The summed E-state index contributed by atoms with van der Waals surface area (Å²) in [5, 5.41) is 4.96. The summed E-state index contributed by atoms with van der Waals surface area (Å²) >= 11 is 0. The Kier molecular flexibility index (Phi) is 6.84. The average molecular weight is 358 g/mol. The Morgan fingerprint density at radius 3 is 2.46 bits per heavy atom. The highest BCUT2D eigenvalue weighted by atomic mass is 19.1. The number of nitrogens with one attached hydrogen (secondary N) is 2. The van der Waals surface area contributed by atoms with Gasteiger partial charge in [0.25, 0.3) is 5.91 Å². The lowest BCUT2D eigenvalue weighted by Gasteiger charge is -2.17. The molecule has 0 bridgehead atoms. The highest BCUT2D eigenvalue weighted by molar-refractivity contribution is 5.96. The van der Waals surface area contributed by atoms with Gasteiger partial charge < -0.3 is 15.4 Å². The summed E-state index contributed by atoms with van der Waals surface area (Å²) in [6.45, 7) is -0.301. The van der Waals surface area contributed by atoms with E-state index in [1.54, 1.807) is 36.4 Å². The molecule has 0 heterocycles. The molecule has 136 valence electrons. The zero-order valence-corrected chi connectivity index (χ0v) is 14.2. The van der Waals surface area contributed by atoms with E-state index in [9.17, 15) is 18.8 Å². The van der Waals surface area contributed by atoms with Gasteiger partial charge in [0.15, 0.2) is 0 Å². The van der Waals surface area contributed by atoms with Crippen LogP contribution in [0, 0.1) is 5.82 Å². The molecule has 0 aliphatic carbocycles. The molecule has 2 aromatic carbocycles. The number of halogens is 1. The largest absolute Gasteiger partial charge is 0.467 e. The van der Waals surface area contributed by atoms with Gasteiger partial charge in [-0.25, -0.2) is 9.18 Å². The predicted octanol–water partition coefficient (Wildman–Crippen LogP) is 1.46. The van der Waals surface area contributed by atoms with Crippen molar-refractivity contribution < 1.29 is 23.5 Å². The highest BCUT2D eigenvalue weighted by Gasteiger charge is 2.22. The molecule has 2 aromatic rings. The molecule has 2 rings (SSSR count).